The van der Waals surface area contributed by atoms with Crippen molar-refractivity contribution >= 4 is 28.9 Å². The van der Waals surface area contributed by atoms with Gasteiger partial charge in [-0.3, -0.25) is 19.7 Å². The zero-order chi connectivity index (χ0) is 16.8. The highest BCUT2D eigenvalue weighted by atomic mass is 16.6. The molecule has 118 valence electrons. The van der Waals surface area contributed by atoms with Crippen LogP contribution in [0.2, 0.25) is 0 Å². The molecule has 0 fully saturated rings. The van der Waals surface area contributed by atoms with E-state index in [1.165, 1.54) is 25.1 Å². The summed E-state index contributed by atoms with van der Waals surface area (Å²) in [5.74, 6) is -0.445. The van der Waals surface area contributed by atoms with Gasteiger partial charge in [-0.2, -0.15) is 0 Å². The fourth-order valence-electron chi connectivity index (χ4n) is 2.00. The molecule has 0 unspecified atom stereocenters. The first-order valence-electron chi connectivity index (χ1n) is 6.85. The summed E-state index contributed by atoms with van der Waals surface area (Å²) in [4.78, 5) is 33.1. The highest BCUT2D eigenvalue weighted by Crippen LogP contribution is 2.17. The molecule has 0 atom stereocenters. The van der Waals surface area contributed by atoms with E-state index in [1.54, 1.807) is 30.3 Å². The molecule has 2 aromatic rings. The third-order valence-corrected chi connectivity index (χ3v) is 2.98. The Hall–Kier alpha value is -3.22. The van der Waals surface area contributed by atoms with Gasteiger partial charge in [-0.25, -0.2) is 0 Å². The standard InChI is InChI=1S/C16H15N3O4/c1-11(20)17-13-7-5-12(6-8-13)9-16(21)18-14-3-2-4-15(10-14)19(22)23/h2-8,10H,9H2,1H3,(H,17,20)(H,18,21). The van der Waals surface area contributed by atoms with E-state index in [-0.39, 0.29) is 23.9 Å². The van der Waals surface area contributed by atoms with Crippen molar-refractivity contribution in [3.05, 3.63) is 64.2 Å². The highest BCUT2D eigenvalue weighted by molar-refractivity contribution is 5.93. The predicted molar refractivity (Wildman–Crippen MR) is 86.2 cm³/mol. The number of nitro benzene ring substituents is 1. The number of amides is 2. The van der Waals surface area contributed by atoms with Crippen LogP contribution in [-0.4, -0.2) is 16.7 Å². The van der Waals surface area contributed by atoms with Gasteiger partial charge in [0, 0.05) is 30.4 Å². The van der Waals surface area contributed by atoms with Gasteiger partial charge in [-0.15, -0.1) is 0 Å². The van der Waals surface area contributed by atoms with Crippen molar-refractivity contribution in [2.45, 2.75) is 13.3 Å². The fourth-order valence-corrected chi connectivity index (χ4v) is 2.00. The van der Waals surface area contributed by atoms with Crippen LogP contribution in [0.1, 0.15) is 12.5 Å². The number of nitrogens with zero attached hydrogens (tertiary/aromatic N) is 1. The second-order valence-electron chi connectivity index (χ2n) is 4.91. The van der Waals surface area contributed by atoms with Crippen LogP contribution in [0.4, 0.5) is 17.1 Å². The van der Waals surface area contributed by atoms with Crippen LogP contribution < -0.4 is 10.6 Å². The molecule has 2 aromatic carbocycles. The Morgan fingerprint density at radius 1 is 1.04 bits per heavy atom. The number of nitro groups is 1. The van der Waals surface area contributed by atoms with Crippen molar-refractivity contribution < 1.29 is 14.5 Å². The van der Waals surface area contributed by atoms with Gasteiger partial charge in [-0.05, 0) is 23.8 Å². The number of non-ortho nitro benzene ring substituents is 1. The van der Waals surface area contributed by atoms with E-state index >= 15 is 0 Å². The molecule has 0 radical (unpaired) electrons. The molecule has 2 rings (SSSR count). The number of nitrogens with one attached hydrogen (secondary N) is 2. The minimum atomic E-state index is -0.517. The highest BCUT2D eigenvalue weighted by Gasteiger charge is 2.09. The Morgan fingerprint density at radius 3 is 2.35 bits per heavy atom. The van der Waals surface area contributed by atoms with Crippen molar-refractivity contribution in [2.75, 3.05) is 10.6 Å². The molecular weight excluding hydrogens is 298 g/mol. The summed E-state index contributed by atoms with van der Waals surface area (Å²) < 4.78 is 0. The topological polar surface area (TPSA) is 101 Å². The maximum Gasteiger partial charge on any atom is 0.271 e. The fraction of sp³-hybridized carbons (Fsp3) is 0.125. The van der Waals surface area contributed by atoms with E-state index < -0.39 is 4.92 Å². The molecule has 2 amide bonds. The van der Waals surface area contributed by atoms with E-state index in [2.05, 4.69) is 10.6 Å². The smallest absolute Gasteiger partial charge is 0.271 e. The van der Waals surface area contributed by atoms with Crippen LogP contribution >= 0.6 is 0 Å². The molecule has 0 bridgehead atoms. The molecule has 0 spiro atoms. The van der Waals surface area contributed by atoms with Crippen LogP contribution in [0.25, 0.3) is 0 Å². The van der Waals surface area contributed by atoms with E-state index in [0.29, 0.717) is 11.4 Å². The van der Waals surface area contributed by atoms with Gasteiger partial charge in [0.1, 0.15) is 0 Å². The lowest BCUT2D eigenvalue weighted by atomic mass is 10.1. The van der Waals surface area contributed by atoms with Crippen LogP contribution in [0.5, 0.6) is 0 Å². The minimum Gasteiger partial charge on any atom is -0.326 e. The number of carbonyl (C=O) groups excluding carboxylic acids is 2. The zero-order valence-electron chi connectivity index (χ0n) is 12.4. The van der Waals surface area contributed by atoms with Gasteiger partial charge < -0.3 is 10.6 Å². The molecule has 0 aliphatic carbocycles. The number of hydrogen-bond acceptors (Lipinski definition) is 4. The summed E-state index contributed by atoms with van der Waals surface area (Å²) in [6, 6.07) is 12.6. The number of hydrogen-bond donors (Lipinski definition) is 2. The first-order chi connectivity index (χ1) is 10.9. The second kappa shape index (κ2) is 7.17. The molecule has 0 heterocycles. The van der Waals surface area contributed by atoms with Crippen LogP contribution in [0.3, 0.4) is 0 Å². The average Bonchev–Trinajstić information content (AvgIpc) is 2.49. The SMILES string of the molecule is CC(=O)Nc1ccc(CC(=O)Nc2cccc([N+](=O)[O-])c2)cc1. The first kappa shape index (κ1) is 16.2. The van der Waals surface area contributed by atoms with Crippen LogP contribution in [-0.2, 0) is 16.0 Å². The summed E-state index contributed by atoms with van der Waals surface area (Å²) in [6.45, 7) is 1.42. The Labute approximate surface area is 132 Å². The third-order valence-electron chi connectivity index (χ3n) is 2.98. The van der Waals surface area contributed by atoms with E-state index in [4.69, 9.17) is 0 Å². The summed E-state index contributed by atoms with van der Waals surface area (Å²) in [7, 11) is 0. The molecule has 7 nitrogen and oxygen atoms in total. The molecular formula is C16H15N3O4. The van der Waals surface area contributed by atoms with Crippen molar-refractivity contribution in [1.82, 2.24) is 0 Å². The van der Waals surface area contributed by atoms with Crippen LogP contribution in [0, 0.1) is 10.1 Å². The molecule has 0 aliphatic rings. The molecule has 7 heteroatoms. The van der Waals surface area contributed by atoms with Gasteiger partial charge in [0.05, 0.1) is 11.3 Å². The molecule has 0 saturated carbocycles. The van der Waals surface area contributed by atoms with Gasteiger partial charge in [0.15, 0.2) is 0 Å². The molecule has 23 heavy (non-hydrogen) atoms. The predicted octanol–water partition coefficient (Wildman–Crippen LogP) is 2.73. The maximum atomic E-state index is 12.0. The van der Waals surface area contributed by atoms with E-state index in [9.17, 15) is 19.7 Å². The van der Waals surface area contributed by atoms with Gasteiger partial charge in [0.25, 0.3) is 5.69 Å². The normalized spacial score (nSPS) is 9.96. The van der Waals surface area contributed by atoms with Crippen molar-refractivity contribution in [3.63, 3.8) is 0 Å². The Balaban J connectivity index is 1.98. The van der Waals surface area contributed by atoms with Crippen LogP contribution in [0.15, 0.2) is 48.5 Å². The number of anilines is 2. The average molecular weight is 313 g/mol. The van der Waals surface area contributed by atoms with Crippen molar-refractivity contribution in [2.24, 2.45) is 0 Å². The lowest BCUT2D eigenvalue weighted by Crippen LogP contribution is -2.14. The van der Waals surface area contributed by atoms with Gasteiger partial charge in [-0.1, -0.05) is 18.2 Å². The lowest BCUT2D eigenvalue weighted by molar-refractivity contribution is -0.384. The van der Waals surface area contributed by atoms with E-state index in [0.717, 1.165) is 5.56 Å². The van der Waals surface area contributed by atoms with Crippen molar-refractivity contribution in [1.29, 1.82) is 0 Å². The minimum absolute atomic E-state index is 0.0811. The molecule has 0 aliphatic heterocycles. The first-order valence-corrected chi connectivity index (χ1v) is 6.85. The quantitative estimate of drug-likeness (QED) is 0.654. The zero-order valence-corrected chi connectivity index (χ0v) is 12.4. The monoisotopic (exact) mass is 313 g/mol. The number of rotatable bonds is 5. The van der Waals surface area contributed by atoms with E-state index in [1.807, 2.05) is 0 Å². The second-order valence-corrected chi connectivity index (χ2v) is 4.91. The third kappa shape index (κ3) is 4.92. The maximum absolute atomic E-state index is 12.0. The lowest BCUT2D eigenvalue weighted by Gasteiger charge is -2.06. The summed E-state index contributed by atoms with van der Waals surface area (Å²) in [6.07, 6.45) is 0.128. The van der Waals surface area contributed by atoms with Gasteiger partial charge in [0.2, 0.25) is 11.8 Å². The summed E-state index contributed by atoms with van der Waals surface area (Å²) in [5.41, 5.74) is 1.71. The van der Waals surface area contributed by atoms with Crippen molar-refractivity contribution in [3.8, 4) is 0 Å². The van der Waals surface area contributed by atoms with Gasteiger partial charge >= 0.3 is 0 Å². The summed E-state index contributed by atoms with van der Waals surface area (Å²) >= 11 is 0. The molecule has 0 saturated heterocycles. The number of carbonyl (C=O) groups is 2. The Morgan fingerprint density at radius 2 is 1.74 bits per heavy atom. The summed E-state index contributed by atoms with van der Waals surface area (Å²) in [5, 5.41) is 16.0. The Bertz CT molecular complexity index is 741. The molecule has 0 aromatic heterocycles. The number of benzene rings is 2. The Kier molecular flexibility index (Phi) is 5.03. The molecule has 2 N–H and O–H groups in total. The largest absolute Gasteiger partial charge is 0.326 e.